The van der Waals surface area contributed by atoms with E-state index in [9.17, 15) is 0 Å². The van der Waals surface area contributed by atoms with Crippen molar-refractivity contribution in [2.45, 2.75) is 6.61 Å². The Morgan fingerprint density at radius 3 is 2.67 bits per heavy atom. The van der Waals surface area contributed by atoms with Crippen LogP contribution in [0.1, 0.15) is 5.82 Å². The van der Waals surface area contributed by atoms with Gasteiger partial charge in [-0.1, -0.05) is 0 Å². The van der Waals surface area contributed by atoms with E-state index in [-0.39, 0.29) is 12.4 Å². The molecule has 1 aromatic carbocycles. The zero-order valence-corrected chi connectivity index (χ0v) is 8.16. The van der Waals surface area contributed by atoms with Gasteiger partial charge in [0.05, 0.1) is 7.05 Å². The third kappa shape index (κ3) is 2.43. The average Bonchev–Trinajstić information content (AvgIpc) is 2.64. The molecule has 0 aliphatic rings. The first kappa shape index (κ1) is 9.45. The highest BCUT2D eigenvalue weighted by Gasteiger charge is 2.01. The second-order valence-corrected chi connectivity index (χ2v) is 2.98. The number of hydrogen-bond acceptors (Lipinski definition) is 5. The first-order valence-electron chi connectivity index (χ1n) is 4.39. The number of rotatable bonds is 3. The minimum Gasteiger partial charge on any atom is -0.508 e. The molecule has 0 unspecified atom stereocenters. The van der Waals surface area contributed by atoms with E-state index in [1.165, 1.54) is 4.80 Å². The Morgan fingerprint density at radius 2 is 2.07 bits per heavy atom. The van der Waals surface area contributed by atoms with Crippen molar-refractivity contribution in [2.24, 2.45) is 7.05 Å². The molecule has 15 heavy (non-hydrogen) atoms. The predicted molar refractivity (Wildman–Crippen MR) is 51.2 cm³/mol. The molecule has 0 aliphatic carbocycles. The van der Waals surface area contributed by atoms with Crippen molar-refractivity contribution >= 4 is 0 Å². The van der Waals surface area contributed by atoms with Gasteiger partial charge in [-0.3, -0.25) is 0 Å². The Hall–Kier alpha value is -2.11. The summed E-state index contributed by atoms with van der Waals surface area (Å²) in [5.41, 5.74) is 0. The normalized spacial score (nSPS) is 10.2. The Balaban J connectivity index is 1.96. The number of nitrogens with zero attached hydrogens (tertiary/aromatic N) is 4. The SMILES string of the molecule is Cn1nnc(COc2ccc(O)cc2)n1. The van der Waals surface area contributed by atoms with Gasteiger partial charge in [-0.25, -0.2) is 0 Å². The largest absolute Gasteiger partial charge is 0.508 e. The van der Waals surface area contributed by atoms with Gasteiger partial charge in [-0.15, -0.1) is 10.2 Å². The maximum Gasteiger partial charge on any atom is 0.212 e. The number of ether oxygens (including phenoxy) is 1. The van der Waals surface area contributed by atoms with E-state index < -0.39 is 0 Å². The monoisotopic (exact) mass is 206 g/mol. The highest BCUT2D eigenvalue weighted by Crippen LogP contribution is 2.16. The molecule has 0 saturated heterocycles. The predicted octanol–water partition coefficient (Wildman–Crippen LogP) is 0.495. The quantitative estimate of drug-likeness (QED) is 0.791. The molecular weight excluding hydrogens is 196 g/mol. The number of aromatic hydroxyl groups is 1. The van der Waals surface area contributed by atoms with Gasteiger partial charge >= 0.3 is 0 Å². The van der Waals surface area contributed by atoms with Crippen LogP contribution in [0.25, 0.3) is 0 Å². The van der Waals surface area contributed by atoms with Crippen molar-refractivity contribution < 1.29 is 9.84 Å². The third-order valence-corrected chi connectivity index (χ3v) is 1.75. The lowest BCUT2D eigenvalue weighted by atomic mass is 10.3. The summed E-state index contributed by atoms with van der Waals surface area (Å²) in [4.78, 5) is 1.37. The highest BCUT2D eigenvalue weighted by molar-refractivity contribution is 5.30. The zero-order chi connectivity index (χ0) is 10.7. The van der Waals surface area contributed by atoms with Crippen LogP contribution < -0.4 is 4.74 Å². The molecule has 78 valence electrons. The van der Waals surface area contributed by atoms with Crippen LogP contribution in [-0.2, 0) is 13.7 Å². The van der Waals surface area contributed by atoms with E-state index in [1.807, 2.05) is 0 Å². The molecular formula is C9H10N4O2. The van der Waals surface area contributed by atoms with Gasteiger partial charge in [0.15, 0.2) is 6.61 Å². The first-order chi connectivity index (χ1) is 7.24. The molecule has 1 N–H and O–H groups in total. The van der Waals surface area contributed by atoms with Crippen LogP contribution in [0, 0.1) is 0 Å². The van der Waals surface area contributed by atoms with Gasteiger partial charge in [0, 0.05) is 0 Å². The van der Waals surface area contributed by atoms with Gasteiger partial charge < -0.3 is 9.84 Å². The number of phenolic OH excluding ortho intramolecular Hbond substituents is 1. The van der Waals surface area contributed by atoms with Gasteiger partial charge in [-0.05, 0) is 29.5 Å². The Bertz CT molecular complexity index is 438. The molecule has 0 saturated carbocycles. The van der Waals surface area contributed by atoms with Crippen LogP contribution in [0.3, 0.4) is 0 Å². The van der Waals surface area contributed by atoms with Crippen molar-refractivity contribution in [3.8, 4) is 11.5 Å². The minimum atomic E-state index is 0.208. The van der Waals surface area contributed by atoms with Crippen LogP contribution in [0.15, 0.2) is 24.3 Å². The summed E-state index contributed by atoms with van der Waals surface area (Å²) in [6.07, 6.45) is 0. The van der Waals surface area contributed by atoms with Gasteiger partial charge in [0.2, 0.25) is 5.82 Å². The molecule has 0 amide bonds. The molecule has 0 atom stereocenters. The van der Waals surface area contributed by atoms with E-state index >= 15 is 0 Å². The van der Waals surface area contributed by atoms with Crippen molar-refractivity contribution in [2.75, 3.05) is 0 Å². The lowest BCUT2D eigenvalue weighted by molar-refractivity contribution is 0.295. The molecule has 0 radical (unpaired) electrons. The maximum absolute atomic E-state index is 9.05. The van der Waals surface area contributed by atoms with Crippen LogP contribution in [0.4, 0.5) is 0 Å². The van der Waals surface area contributed by atoms with Gasteiger partial charge in [0.1, 0.15) is 11.5 Å². The summed E-state index contributed by atoms with van der Waals surface area (Å²) in [6.45, 7) is 0.263. The van der Waals surface area contributed by atoms with E-state index in [1.54, 1.807) is 31.3 Å². The molecule has 2 aromatic rings. The molecule has 1 aromatic heterocycles. The van der Waals surface area contributed by atoms with Crippen LogP contribution in [-0.4, -0.2) is 25.3 Å². The standard InChI is InChI=1S/C9H10N4O2/c1-13-11-9(10-12-13)6-15-8-4-2-7(14)3-5-8/h2-5,14H,6H2,1H3. The first-order valence-corrected chi connectivity index (χ1v) is 4.39. The molecule has 6 nitrogen and oxygen atoms in total. The summed E-state index contributed by atoms with van der Waals surface area (Å²) < 4.78 is 5.37. The summed E-state index contributed by atoms with van der Waals surface area (Å²) in [7, 11) is 1.69. The highest BCUT2D eigenvalue weighted by atomic mass is 16.5. The number of aryl methyl sites for hydroxylation is 1. The number of phenols is 1. The lowest BCUT2D eigenvalue weighted by Crippen LogP contribution is -1.98. The maximum atomic E-state index is 9.05. The summed E-state index contributed by atoms with van der Waals surface area (Å²) >= 11 is 0. The van der Waals surface area contributed by atoms with Crippen molar-refractivity contribution in [1.82, 2.24) is 20.2 Å². The third-order valence-electron chi connectivity index (χ3n) is 1.75. The van der Waals surface area contributed by atoms with E-state index in [4.69, 9.17) is 9.84 Å². The molecule has 0 spiro atoms. The zero-order valence-electron chi connectivity index (χ0n) is 8.16. The van der Waals surface area contributed by atoms with Crippen molar-refractivity contribution in [3.05, 3.63) is 30.1 Å². The van der Waals surface area contributed by atoms with E-state index in [0.29, 0.717) is 11.6 Å². The Morgan fingerprint density at radius 1 is 1.33 bits per heavy atom. The average molecular weight is 206 g/mol. The number of hydrogen-bond donors (Lipinski definition) is 1. The van der Waals surface area contributed by atoms with Gasteiger partial charge in [0.25, 0.3) is 0 Å². The summed E-state index contributed by atoms with van der Waals surface area (Å²) in [5, 5.41) is 20.5. The fraction of sp³-hybridized carbons (Fsp3) is 0.222. The molecule has 0 fully saturated rings. The Labute approximate surface area is 86.1 Å². The minimum absolute atomic E-state index is 0.208. The second kappa shape index (κ2) is 3.95. The lowest BCUT2D eigenvalue weighted by Gasteiger charge is -2.02. The fourth-order valence-corrected chi connectivity index (χ4v) is 1.07. The van der Waals surface area contributed by atoms with E-state index in [2.05, 4.69) is 15.4 Å². The fourth-order valence-electron chi connectivity index (χ4n) is 1.07. The topological polar surface area (TPSA) is 73.1 Å². The molecule has 2 rings (SSSR count). The number of benzene rings is 1. The van der Waals surface area contributed by atoms with Gasteiger partial charge in [-0.2, -0.15) is 4.80 Å². The Kier molecular flexibility index (Phi) is 2.49. The second-order valence-electron chi connectivity index (χ2n) is 2.98. The van der Waals surface area contributed by atoms with Crippen LogP contribution in [0.5, 0.6) is 11.5 Å². The molecule has 1 heterocycles. The number of aromatic nitrogens is 4. The smallest absolute Gasteiger partial charge is 0.212 e. The van der Waals surface area contributed by atoms with Crippen LogP contribution in [0.2, 0.25) is 0 Å². The summed E-state index contributed by atoms with van der Waals surface area (Å²) in [5.74, 6) is 1.38. The molecule has 0 bridgehead atoms. The van der Waals surface area contributed by atoms with Crippen molar-refractivity contribution in [3.63, 3.8) is 0 Å². The molecule has 6 heteroatoms. The summed E-state index contributed by atoms with van der Waals surface area (Å²) in [6, 6.07) is 6.45. The van der Waals surface area contributed by atoms with Crippen LogP contribution >= 0.6 is 0 Å². The van der Waals surface area contributed by atoms with E-state index in [0.717, 1.165) is 0 Å². The molecule has 0 aliphatic heterocycles. The van der Waals surface area contributed by atoms with Crippen molar-refractivity contribution in [1.29, 1.82) is 0 Å². The number of tetrazole rings is 1.